The molecule has 1 saturated carbocycles. The highest BCUT2D eigenvalue weighted by molar-refractivity contribution is 5.48. The van der Waals surface area contributed by atoms with Crippen LogP contribution >= 0.6 is 0 Å². The van der Waals surface area contributed by atoms with Crippen LogP contribution in [0.4, 0.5) is 23.2 Å². The van der Waals surface area contributed by atoms with E-state index >= 15 is 0 Å². The van der Waals surface area contributed by atoms with Crippen molar-refractivity contribution in [2.45, 2.75) is 25.4 Å². The first kappa shape index (κ1) is 14.5. The van der Waals surface area contributed by atoms with Crippen molar-refractivity contribution in [3.05, 3.63) is 36.2 Å². The van der Waals surface area contributed by atoms with E-state index in [0.29, 0.717) is 18.5 Å². The number of benzene rings is 1. The summed E-state index contributed by atoms with van der Waals surface area (Å²) < 4.78 is 52.6. The minimum absolute atomic E-state index is 0.0978. The monoisotopic (exact) mass is 291 g/mol. The lowest BCUT2D eigenvalue weighted by Gasteiger charge is -2.29. The van der Waals surface area contributed by atoms with Gasteiger partial charge in [-0.2, -0.15) is 0 Å². The van der Waals surface area contributed by atoms with Crippen LogP contribution in [0.5, 0.6) is 5.75 Å². The molecule has 0 aliphatic heterocycles. The molecule has 0 amide bonds. The van der Waals surface area contributed by atoms with Gasteiger partial charge in [0.1, 0.15) is 17.7 Å². The predicted molar refractivity (Wildman–Crippen MR) is 65.1 cm³/mol. The van der Waals surface area contributed by atoms with Crippen LogP contribution in [-0.2, 0) is 0 Å². The Bertz CT molecular complexity index is 484. The fourth-order valence-corrected chi connectivity index (χ4v) is 1.81. The molecule has 2 atom stereocenters. The average Bonchev–Trinajstić information content (AvgIpc) is 2.34. The van der Waals surface area contributed by atoms with E-state index in [4.69, 9.17) is 0 Å². The maximum atomic E-state index is 13.0. The molecule has 2 rings (SSSR count). The predicted octanol–water partition coefficient (Wildman–Crippen LogP) is 4.14. The first-order chi connectivity index (χ1) is 9.35. The van der Waals surface area contributed by atoms with Crippen molar-refractivity contribution in [2.75, 3.05) is 5.32 Å². The van der Waals surface area contributed by atoms with Gasteiger partial charge in [0.25, 0.3) is 0 Å². The van der Waals surface area contributed by atoms with Crippen molar-refractivity contribution in [2.24, 2.45) is 5.92 Å². The van der Waals surface area contributed by atoms with E-state index in [2.05, 4.69) is 10.1 Å². The molecule has 7 heteroatoms. The van der Waals surface area contributed by atoms with Gasteiger partial charge in [0.15, 0.2) is 0 Å². The maximum absolute atomic E-state index is 13.0. The first-order valence-electron chi connectivity index (χ1n) is 6.00. The summed E-state index contributed by atoms with van der Waals surface area (Å²) in [7, 11) is 0. The summed E-state index contributed by atoms with van der Waals surface area (Å²) in [6.45, 7) is 0. The molecule has 0 bridgehead atoms. The summed E-state index contributed by atoms with van der Waals surface area (Å²) >= 11 is 0. The van der Waals surface area contributed by atoms with Crippen LogP contribution in [0.25, 0.3) is 0 Å². The molecule has 0 radical (unpaired) electrons. The van der Waals surface area contributed by atoms with Gasteiger partial charge in [-0.1, -0.05) is 0 Å². The number of halogens is 4. The number of hydrogen-bond acceptors (Lipinski definition) is 3. The van der Waals surface area contributed by atoms with Crippen molar-refractivity contribution in [1.29, 1.82) is 0 Å². The van der Waals surface area contributed by atoms with Gasteiger partial charge >= 0.3 is 6.36 Å². The molecule has 20 heavy (non-hydrogen) atoms. The standard InChI is InChI=1S/C13H13F4NO2/c14-11-6-5-10(11)12(19)7-18-8-1-3-9(4-2-8)20-13(15,16)17/h1-4,7,10-11,18-19H,5-6H2/b12-7-/t10-,11+/m0/s1. The Kier molecular flexibility index (Phi) is 4.06. The summed E-state index contributed by atoms with van der Waals surface area (Å²) in [5.41, 5.74) is 0.459. The van der Waals surface area contributed by atoms with Gasteiger partial charge in [0.2, 0.25) is 0 Å². The molecule has 0 saturated heterocycles. The van der Waals surface area contributed by atoms with E-state index < -0.39 is 18.5 Å². The van der Waals surface area contributed by atoms with Crippen LogP contribution < -0.4 is 10.1 Å². The van der Waals surface area contributed by atoms with Crippen LogP contribution in [-0.4, -0.2) is 17.6 Å². The second-order valence-electron chi connectivity index (χ2n) is 4.49. The lowest BCUT2D eigenvalue weighted by molar-refractivity contribution is -0.274. The van der Waals surface area contributed by atoms with Gasteiger partial charge in [-0.25, -0.2) is 4.39 Å². The van der Waals surface area contributed by atoms with Gasteiger partial charge in [-0.15, -0.1) is 13.2 Å². The van der Waals surface area contributed by atoms with E-state index in [-0.39, 0.29) is 11.5 Å². The van der Waals surface area contributed by atoms with Crippen LogP contribution in [0.2, 0.25) is 0 Å². The zero-order valence-corrected chi connectivity index (χ0v) is 10.3. The highest BCUT2D eigenvalue weighted by atomic mass is 19.4. The summed E-state index contributed by atoms with van der Waals surface area (Å²) in [5, 5.41) is 12.3. The summed E-state index contributed by atoms with van der Waals surface area (Å²) in [6.07, 6.45) is -3.49. The van der Waals surface area contributed by atoms with E-state index in [1.165, 1.54) is 18.3 Å². The number of alkyl halides is 4. The number of nitrogens with one attached hydrogen (secondary N) is 1. The Morgan fingerprint density at radius 3 is 2.35 bits per heavy atom. The SMILES string of the molecule is O/C(=C\Nc1ccc(OC(F)(F)F)cc1)[C@H]1CC[C@H]1F. The number of anilines is 1. The Hall–Kier alpha value is -1.92. The van der Waals surface area contributed by atoms with Crippen LogP contribution in [0.1, 0.15) is 12.8 Å². The molecule has 0 aromatic heterocycles. The Labute approximate surface area is 112 Å². The third kappa shape index (κ3) is 3.79. The van der Waals surface area contributed by atoms with E-state index in [9.17, 15) is 22.7 Å². The molecule has 3 nitrogen and oxygen atoms in total. The fraction of sp³-hybridized carbons (Fsp3) is 0.385. The average molecular weight is 291 g/mol. The number of aliphatic hydroxyl groups is 1. The highest BCUT2D eigenvalue weighted by Crippen LogP contribution is 2.35. The van der Waals surface area contributed by atoms with E-state index in [1.54, 1.807) is 0 Å². The molecule has 1 aromatic rings. The third-order valence-electron chi connectivity index (χ3n) is 3.04. The van der Waals surface area contributed by atoms with Gasteiger partial charge in [-0.05, 0) is 37.1 Å². The second kappa shape index (κ2) is 5.60. The number of allylic oxidation sites excluding steroid dienone is 1. The first-order valence-corrected chi connectivity index (χ1v) is 6.00. The molecule has 1 aliphatic carbocycles. The number of ether oxygens (including phenoxy) is 1. The van der Waals surface area contributed by atoms with Crippen molar-refractivity contribution in [3.8, 4) is 5.75 Å². The summed E-state index contributed by atoms with van der Waals surface area (Å²) in [6, 6.07) is 5.00. The lowest BCUT2D eigenvalue weighted by atomic mass is 9.82. The van der Waals surface area contributed by atoms with E-state index in [1.807, 2.05) is 0 Å². The normalized spacial score (nSPS) is 23.1. The van der Waals surface area contributed by atoms with Crippen LogP contribution in [0, 0.1) is 5.92 Å². The highest BCUT2D eigenvalue weighted by Gasteiger charge is 2.34. The van der Waals surface area contributed by atoms with Crippen molar-refractivity contribution < 1.29 is 27.4 Å². The van der Waals surface area contributed by atoms with Gasteiger partial charge in [-0.3, -0.25) is 0 Å². The summed E-state index contributed by atoms with van der Waals surface area (Å²) in [4.78, 5) is 0. The molecular formula is C13H13F4NO2. The van der Waals surface area contributed by atoms with Crippen LogP contribution in [0.3, 0.4) is 0 Å². The smallest absolute Gasteiger partial charge is 0.510 e. The number of aliphatic hydroxyl groups excluding tert-OH is 1. The molecule has 1 fully saturated rings. The van der Waals surface area contributed by atoms with Gasteiger partial charge in [0.05, 0.1) is 0 Å². The molecule has 0 heterocycles. The molecule has 110 valence electrons. The third-order valence-corrected chi connectivity index (χ3v) is 3.04. The quantitative estimate of drug-likeness (QED) is 0.647. The molecule has 0 spiro atoms. The zero-order valence-electron chi connectivity index (χ0n) is 10.3. The van der Waals surface area contributed by atoms with Gasteiger partial charge in [0, 0.05) is 17.8 Å². The topological polar surface area (TPSA) is 41.5 Å². The molecule has 0 unspecified atom stereocenters. The fourth-order valence-electron chi connectivity index (χ4n) is 1.81. The lowest BCUT2D eigenvalue weighted by Crippen LogP contribution is -2.29. The zero-order chi connectivity index (χ0) is 14.8. The maximum Gasteiger partial charge on any atom is 0.573 e. The molecule has 2 N–H and O–H groups in total. The summed E-state index contributed by atoms with van der Waals surface area (Å²) in [5.74, 6) is -0.922. The molecule has 1 aromatic carbocycles. The van der Waals surface area contributed by atoms with Crippen molar-refractivity contribution in [1.82, 2.24) is 0 Å². The van der Waals surface area contributed by atoms with Crippen LogP contribution in [0.15, 0.2) is 36.2 Å². The van der Waals surface area contributed by atoms with E-state index in [0.717, 1.165) is 12.1 Å². The Morgan fingerprint density at radius 2 is 1.90 bits per heavy atom. The number of rotatable bonds is 4. The minimum Gasteiger partial charge on any atom is -0.510 e. The van der Waals surface area contributed by atoms with Crippen molar-refractivity contribution >= 4 is 5.69 Å². The number of hydrogen-bond donors (Lipinski definition) is 2. The minimum atomic E-state index is -4.73. The molecule has 1 aliphatic rings. The largest absolute Gasteiger partial charge is 0.573 e. The molecular weight excluding hydrogens is 278 g/mol. The Morgan fingerprint density at radius 1 is 1.25 bits per heavy atom. The second-order valence-corrected chi connectivity index (χ2v) is 4.49. The van der Waals surface area contributed by atoms with Crippen molar-refractivity contribution in [3.63, 3.8) is 0 Å². The Balaban J connectivity index is 1.92. The van der Waals surface area contributed by atoms with Gasteiger partial charge < -0.3 is 15.2 Å².